The molecule has 16 heavy (non-hydrogen) atoms. The summed E-state index contributed by atoms with van der Waals surface area (Å²) in [5, 5.41) is 0.743. The maximum Gasteiger partial charge on any atom is 0.0992 e. The summed E-state index contributed by atoms with van der Waals surface area (Å²) < 4.78 is 1.90. The normalized spacial score (nSPS) is 10.6. The van der Waals surface area contributed by atoms with Crippen LogP contribution in [0.2, 0.25) is 5.02 Å². The molecule has 0 saturated carbocycles. The Morgan fingerprint density at radius 3 is 2.88 bits per heavy atom. The SMILES string of the molecule is NCCCc1ccc(-n2ccnc2)c(Cl)c1. The summed E-state index contributed by atoms with van der Waals surface area (Å²) in [4.78, 5) is 4.00. The second-order valence-electron chi connectivity index (χ2n) is 3.65. The van der Waals surface area contributed by atoms with Gasteiger partial charge in [0.1, 0.15) is 0 Å². The van der Waals surface area contributed by atoms with Crippen molar-refractivity contribution in [1.29, 1.82) is 0 Å². The van der Waals surface area contributed by atoms with Gasteiger partial charge in [-0.1, -0.05) is 17.7 Å². The summed E-state index contributed by atoms with van der Waals surface area (Å²) in [5.41, 5.74) is 7.65. The van der Waals surface area contributed by atoms with Gasteiger partial charge in [0.2, 0.25) is 0 Å². The van der Waals surface area contributed by atoms with Crippen molar-refractivity contribution in [2.75, 3.05) is 6.54 Å². The number of aromatic nitrogens is 2. The van der Waals surface area contributed by atoms with Crippen molar-refractivity contribution < 1.29 is 0 Å². The van der Waals surface area contributed by atoms with Crippen LogP contribution < -0.4 is 5.73 Å². The van der Waals surface area contributed by atoms with Gasteiger partial charge in [-0.2, -0.15) is 0 Å². The lowest BCUT2D eigenvalue weighted by atomic mass is 10.1. The molecule has 0 bridgehead atoms. The fraction of sp³-hybridized carbons (Fsp3) is 0.250. The first-order chi connectivity index (χ1) is 7.81. The summed E-state index contributed by atoms with van der Waals surface area (Å²) in [6, 6.07) is 6.08. The van der Waals surface area contributed by atoms with Gasteiger partial charge in [-0.25, -0.2) is 4.98 Å². The molecule has 2 aromatic rings. The maximum absolute atomic E-state index is 6.22. The summed E-state index contributed by atoms with van der Waals surface area (Å²) in [5.74, 6) is 0. The molecule has 84 valence electrons. The first kappa shape index (κ1) is 11.2. The fourth-order valence-electron chi connectivity index (χ4n) is 1.62. The van der Waals surface area contributed by atoms with Gasteiger partial charge in [-0.05, 0) is 37.1 Å². The number of hydrogen-bond donors (Lipinski definition) is 1. The minimum Gasteiger partial charge on any atom is -0.330 e. The molecule has 1 heterocycles. The van der Waals surface area contributed by atoms with Crippen LogP contribution in [0.25, 0.3) is 5.69 Å². The van der Waals surface area contributed by atoms with Gasteiger partial charge in [-0.15, -0.1) is 0 Å². The number of aryl methyl sites for hydroxylation is 1. The Bertz CT molecular complexity index is 451. The molecule has 1 aromatic heterocycles. The van der Waals surface area contributed by atoms with Crippen LogP contribution >= 0.6 is 11.6 Å². The molecule has 0 radical (unpaired) electrons. The van der Waals surface area contributed by atoms with Gasteiger partial charge in [-0.3, -0.25) is 0 Å². The highest BCUT2D eigenvalue weighted by molar-refractivity contribution is 6.32. The number of nitrogens with two attached hydrogens (primary N) is 1. The minimum absolute atomic E-state index is 0.709. The van der Waals surface area contributed by atoms with Gasteiger partial charge in [0.25, 0.3) is 0 Å². The van der Waals surface area contributed by atoms with E-state index in [1.807, 2.05) is 22.9 Å². The molecule has 2 N–H and O–H groups in total. The van der Waals surface area contributed by atoms with Crippen molar-refractivity contribution in [3.63, 3.8) is 0 Å². The highest BCUT2D eigenvalue weighted by Crippen LogP contribution is 2.22. The van der Waals surface area contributed by atoms with Crippen LogP contribution in [-0.2, 0) is 6.42 Å². The van der Waals surface area contributed by atoms with Crippen molar-refractivity contribution >= 4 is 11.6 Å². The lowest BCUT2D eigenvalue weighted by Crippen LogP contribution is -2.00. The van der Waals surface area contributed by atoms with Gasteiger partial charge in [0.05, 0.1) is 17.0 Å². The third kappa shape index (κ3) is 2.43. The molecular weight excluding hydrogens is 222 g/mol. The maximum atomic E-state index is 6.22. The lowest BCUT2D eigenvalue weighted by Gasteiger charge is -2.07. The number of rotatable bonds is 4. The zero-order valence-electron chi connectivity index (χ0n) is 8.94. The third-order valence-corrected chi connectivity index (χ3v) is 2.77. The Labute approximate surface area is 99.9 Å². The van der Waals surface area contributed by atoms with Crippen molar-refractivity contribution in [1.82, 2.24) is 9.55 Å². The van der Waals surface area contributed by atoms with Gasteiger partial charge >= 0.3 is 0 Å². The second-order valence-corrected chi connectivity index (χ2v) is 4.06. The highest BCUT2D eigenvalue weighted by Gasteiger charge is 2.03. The molecule has 0 amide bonds. The summed E-state index contributed by atoms with van der Waals surface area (Å²) in [6.07, 6.45) is 7.31. The average Bonchev–Trinajstić information content (AvgIpc) is 2.80. The standard InChI is InChI=1S/C12H14ClN3/c13-11-8-10(2-1-5-14)3-4-12(11)16-7-6-15-9-16/h3-4,6-9H,1-2,5,14H2. The Kier molecular flexibility index (Phi) is 3.59. The zero-order chi connectivity index (χ0) is 11.4. The Balaban J connectivity index is 2.23. The van der Waals surface area contributed by atoms with E-state index in [1.165, 1.54) is 5.56 Å². The fourth-order valence-corrected chi connectivity index (χ4v) is 1.92. The van der Waals surface area contributed by atoms with E-state index in [1.54, 1.807) is 12.5 Å². The van der Waals surface area contributed by atoms with Crippen LogP contribution in [0.1, 0.15) is 12.0 Å². The molecule has 0 aliphatic rings. The molecule has 4 heteroatoms. The molecule has 3 nitrogen and oxygen atoms in total. The molecule has 1 aromatic carbocycles. The van der Waals surface area contributed by atoms with Crippen molar-refractivity contribution in [2.45, 2.75) is 12.8 Å². The van der Waals surface area contributed by atoms with Crippen LogP contribution in [-0.4, -0.2) is 16.1 Å². The molecule has 0 fully saturated rings. The van der Waals surface area contributed by atoms with E-state index < -0.39 is 0 Å². The minimum atomic E-state index is 0.709. The number of halogens is 1. The molecule has 0 saturated heterocycles. The Morgan fingerprint density at radius 2 is 2.25 bits per heavy atom. The number of hydrogen-bond acceptors (Lipinski definition) is 2. The molecule has 2 rings (SSSR count). The van der Waals surface area contributed by atoms with Gasteiger partial charge in [0.15, 0.2) is 0 Å². The van der Waals surface area contributed by atoms with Crippen LogP contribution in [0.5, 0.6) is 0 Å². The zero-order valence-corrected chi connectivity index (χ0v) is 9.69. The predicted octanol–water partition coefficient (Wildman–Crippen LogP) is 2.42. The molecule has 0 spiro atoms. The summed E-state index contributed by atoms with van der Waals surface area (Å²) in [7, 11) is 0. The predicted molar refractivity (Wildman–Crippen MR) is 65.9 cm³/mol. The van der Waals surface area contributed by atoms with Crippen molar-refractivity contribution in [3.8, 4) is 5.69 Å². The van der Waals surface area contributed by atoms with E-state index in [2.05, 4.69) is 11.1 Å². The van der Waals surface area contributed by atoms with E-state index in [4.69, 9.17) is 17.3 Å². The number of nitrogens with zero attached hydrogens (tertiary/aromatic N) is 2. The highest BCUT2D eigenvalue weighted by atomic mass is 35.5. The first-order valence-corrected chi connectivity index (χ1v) is 5.66. The average molecular weight is 236 g/mol. The van der Waals surface area contributed by atoms with Crippen LogP contribution in [0, 0.1) is 0 Å². The Morgan fingerprint density at radius 1 is 1.38 bits per heavy atom. The molecule has 0 unspecified atom stereocenters. The molecule has 0 atom stereocenters. The van der Waals surface area contributed by atoms with E-state index in [0.717, 1.165) is 23.6 Å². The molecular formula is C12H14ClN3. The van der Waals surface area contributed by atoms with E-state index in [0.29, 0.717) is 6.54 Å². The number of benzene rings is 1. The van der Waals surface area contributed by atoms with E-state index >= 15 is 0 Å². The monoisotopic (exact) mass is 235 g/mol. The van der Waals surface area contributed by atoms with Gasteiger partial charge < -0.3 is 10.3 Å². The second kappa shape index (κ2) is 5.14. The molecule has 0 aliphatic heterocycles. The Hall–Kier alpha value is -1.32. The van der Waals surface area contributed by atoms with Crippen LogP contribution in [0.3, 0.4) is 0 Å². The summed E-state index contributed by atoms with van der Waals surface area (Å²) >= 11 is 6.22. The van der Waals surface area contributed by atoms with Crippen LogP contribution in [0.4, 0.5) is 0 Å². The van der Waals surface area contributed by atoms with E-state index in [-0.39, 0.29) is 0 Å². The van der Waals surface area contributed by atoms with Crippen molar-refractivity contribution in [3.05, 3.63) is 47.5 Å². The largest absolute Gasteiger partial charge is 0.330 e. The number of imidazole rings is 1. The van der Waals surface area contributed by atoms with Crippen LogP contribution in [0.15, 0.2) is 36.9 Å². The smallest absolute Gasteiger partial charge is 0.0992 e. The van der Waals surface area contributed by atoms with Crippen molar-refractivity contribution in [2.24, 2.45) is 5.73 Å². The van der Waals surface area contributed by atoms with Gasteiger partial charge in [0, 0.05) is 12.4 Å². The molecule has 0 aliphatic carbocycles. The quantitative estimate of drug-likeness (QED) is 0.885. The first-order valence-electron chi connectivity index (χ1n) is 5.28. The van der Waals surface area contributed by atoms with E-state index in [9.17, 15) is 0 Å². The topological polar surface area (TPSA) is 43.8 Å². The summed E-state index contributed by atoms with van der Waals surface area (Å²) in [6.45, 7) is 0.709. The third-order valence-electron chi connectivity index (χ3n) is 2.46. The lowest BCUT2D eigenvalue weighted by molar-refractivity contribution is 0.832.